The van der Waals surface area contributed by atoms with E-state index in [9.17, 15) is 9.90 Å². The summed E-state index contributed by atoms with van der Waals surface area (Å²) in [7, 11) is 0. The highest BCUT2D eigenvalue weighted by Gasteiger charge is 2.20. The number of nitrogen functional groups attached to an aromatic ring is 1. The van der Waals surface area contributed by atoms with Crippen molar-refractivity contribution in [2.75, 3.05) is 17.2 Å². The molecule has 0 saturated heterocycles. The van der Waals surface area contributed by atoms with Gasteiger partial charge < -0.3 is 15.7 Å². The number of benzene rings is 2. The number of carboxylic acid groups (broad SMARTS) is 1. The maximum absolute atomic E-state index is 11.4. The lowest BCUT2D eigenvalue weighted by Gasteiger charge is -2.26. The van der Waals surface area contributed by atoms with Crippen LogP contribution in [0.2, 0.25) is 5.02 Å². The number of anilines is 3. The summed E-state index contributed by atoms with van der Waals surface area (Å²) in [6, 6.07) is 12.5. The molecular formula is C15H15ClN2O2. The van der Waals surface area contributed by atoms with Crippen molar-refractivity contribution in [2.24, 2.45) is 0 Å². The molecule has 20 heavy (non-hydrogen) atoms. The third-order valence-electron chi connectivity index (χ3n) is 2.97. The number of carboxylic acids is 1. The first kappa shape index (κ1) is 14.2. The standard InChI is InChI=1S/C15H15ClN2O2/c1-2-18(11-6-4-3-5-7-11)14-12(15(19)20)8-10(17)9-13(14)16/h3-9H,2,17H2,1H3,(H,19,20). The number of rotatable bonds is 4. The second-order valence-corrected chi connectivity index (χ2v) is 4.69. The summed E-state index contributed by atoms with van der Waals surface area (Å²) in [5.74, 6) is -1.05. The van der Waals surface area contributed by atoms with Gasteiger partial charge >= 0.3 is 5.97 Å². The van der Waals surface area contributed by atoms with E-state index in [1.165, 1.54) is 6.07 Å². The van der Waals surface area contributed by atoms with Crippen LogP contribution in [0, 0.1) is 0 Å². The van der Waals surface area contributed by atoms with Gasteiger partial charge in [-0.05, 0) is 31.2 Å². The molecular weight excluding hydrogens is 276 g/mol. The van der Waals surface area contributed by atoms with E-state index in [0.717, 1.165) is 5.69 Å². The molecule has 4 nitrogen and oxygen atoms in total. The zero-order valence-electron chi connectivity index (χ0n) is 11.0. The van der Waals surface area contributed by atoms with Gasteiger partial charge in [-0.2, -0.15) is 0 Å². The fraction of sp³-hybridized carbons (Fsp3) is 0.133. The van der Waals surface area contributed by atoms with Gasteiger partial charge in [0.25, 0.3) is 0 Å². The van der Waals surface area contributed by atoms with Crippen LogP contribution in [-0.2, 0) is 0 Å². The minimum atomic E-state index is -1.05. The van der Waals surface area contributed by atoms with Crippen LogP contribution in [0.1, 0.15) is 17.3 Å². The van der Waals surface area contributed by atoms with Crippen molar-refractivity contribution in [1.82, 2.24) is 0 Å². The highest BCUT2D eigenvalue weighted by atomic mass is 35.5. The fourth-order valence-electron chi connectivity index (χ4n) is 2.14. The van der Waals surface area contributed by atoms with Gasteiger partial charge in [-0.3, -0.25) is 0 Å². The molecule has 0 atom stereocenters. The second-order valence-electron chi connectivity index (χ2n) is 4.28. The van der Waals surface area contributed by atoms with Crippen LogP contribution in [-0.4, -0.2) is 17.6 Å². The number of hydrogen-bond donors (Lipinski definition) is 2. The third-order valence-corrected chi connectivity index (χ3v) is 3.26. The number of carbonyl (C=O) groups is 1. The topological polar surface area (TPSA) is 66.6 Å². The molecule has 0 aromatic heterocycles. The summed E-state index contributed by atoms with van der Waals surface area (Å²) < 4.78 is 0. The molecule has 2 aromatic carbocycles. The first-order chi connectivity index (χ1) is 9.54. The van der Waals surface area contributed by atoms with Crippen LogP contribution in [0.25, 0.3) is 0 Å². The maximum atomic E-state index is 11.4. The molecule has 0 aliphatic heterocycles. The predicted octanol–water partition coefficient (Wildman–Crippen LogP) is 3.78. The SMILES string of the molecule is CCN(c1ccccc1)c1c(Cl)cc(N)cc1C(=O)O. The molecule has 2 aromatic rings. The van der Waals surface area contributed by atoms with E-state index in [1.54, 1.807) is 6.07 Å². The summed E-state index contributed by atoms with van der Waals surface area (Å²) >= 11 is 6.22. The van der Waals surface area contributed by atoms with Crippen LogP contribution >= 0.6 is 11.6 Å². The van der Waals surface area contributed by atoms with Gasteiger partial charge in [-0.25, -0.2) is 4.79 Å². The molecule has 0 fully saturated rings. The summed E-state index contributed by atoms with van der Waals surface area (Å²) in [6.45, 7) is 2.53. The van der Waals surface area contributed by atoms with E-state index in [-0.39, 0.29) is 5.56 Å². The molecule has 0 saturated carbocycles. The van der Waals surface area contributed by atoms with Crippen LogP contribution in [0.15, 0.2) is 42.5 Å². The number of para-hydroxylation sites is 1. The highest BCUT2D eigenvalue weighted by Crippen LogP contribution is 2.36. The van der Waals surface area contributed by atoms with Crippen molar-refractivity contribution in [3.8, 4) is 0 Å². The summed E-state index contributed by atoms with van der Waals surface area (Å²) in [5, 5.41) is 9.69. The van der Waals surface area contributed by atoms with E-state index in [4.69, 9.17) is 17.3 Å². The molecule has 5 heteroatoms. The molecule has 104 valence electrons. The molecule has 0 radical (unpaired) electrons. The normalized spacial score (nSPS) is 10.3. The van der Waals surface area contributed by atoms with Gasteiger partial charge in [0.05, 0.1) is 16.3 Å². The first-order valence-corrected chi connectivity index (χ1v) is 6.57. The van der Waals surface area contributed by atoms with Crippen LogP contribution in [0.5, 0.6) is 0 Å². The van der Waals surface area contributed by atoms with Gasteiger partial charge in [-0.15, -0.1) is 0 Å². The van der Waals surface area contributed by atoms with Crippen molar-refractivity contribution >= 4 is 34.6 Å². The van der Waals surface area contributed by atoms with Crippen LogP contribution in [0.3, 0.4) is 0 Å². The summed E-state index contributed by atoms with van der Waals surface area (Å²) in [5.41, 5.74) is 7.45. The van der Waals surface area contributed by atoms with Crippen molar-refractivity contribution < 1.29 is 9.90 Å². The van der Waals surface area contributed by atoms with Crippen molar-refractivity contribution in [3.05, 3.63) is 53.1 Å². The quantitative estimate of drug-likeness (QED) is 0.841. The lowest BCUT2D eigenvalue weighted by Crippen LogP contribution is -2.20. The van der Waals surface area contributed by atoms with E-state index in [1.807, 2.05) is 42.2 Å². The minimum absolute atomic E-state index is 0.0979. The Morgan fingerprint density at radius 2 is 1.95 bits per heavy atom. The third kappa shape index (κ3) is 2.70. The van der Waals surface area contributed by atoms with Crippen LogP contribution < -0.4 is 10.6 Å². The summed E-state index contributed by atoms with van der Waals surface area (Å²) in [6.07, 6.45) is 0. The highest BCUT2D eigenvalue weighted by molar-refractivity contribution is 6.34. The van der Waals surface area contributed by atoms with E-state index in [0.29, 0.717) is 22.9 Å². The molecule has 0 unspecified atom stereocenters. The first-order valence-electron chi connectivity index (χ1n) is 6.19. The fourth-order valence-corrected chi connectivity index (χ4v) is 2.46. The largest absolute Gasteiger partial charge is 0.478 e. The van der Waals surface area contributed by atoms with Crippen molar-refractivity contribution in [2.45, 2.75) is 6.92 Å². The number of hydrogen-bond acceptors (Lipinski definition) is 3. The Hall–Kier alpha value is -2.20. The monoisotopic (exact) mass is 290 g/mol. The van der Waals surface area contributed by atoms with E-state index < -0.39 is 5.97 Å². The lowest BCUT2D eigenvalue weighted by molar-refractivity contribution is 0.0697. The van der Waals surface area contributed by atoms with Gasteiger partial charge in [-0.1, -0.05) is 29.8 Å². The van der Waals surface area contributed by atoms with Gasteiger partial charge in [0.2, 0.25) is 0 Å². The molecule has 3 N–H and O–H groups in total. The zero-order chi connectivity index (χ0) is 14.7. The van der Waals surface area contributed by atoms with E-state index >= 15 is 0 Å². The van der Waals surface area contributed by atoms with Crippen molar-refractivity contribution in [3.63, 3.8) is 0 Å². The Morgan fingerprint density at radius 1 is 1.30 bits per heavy atom. The molecule has 0 amide bonds. The number of halogens is 1. The summed E-state index contributed by atoms with van der Waals surface area (Å²) in [4.78, 5) is 13.3. The lowest BCUT2D eigenvalue weighted by atomic mass is 10.1. The van der Waals surface area contributed by atoms with Crippen molar-refractivity contribution in [1.29, 1.82) is 0 Å². The zero-order valence-corrected chi connectivity index (χ0v) is 11.8. The van der Waals surface area contributed by atoms with Gasteiger partial charge in [0.1, 0.15) is 0 Å². The molecule has 0 spiro atoms. The number of nitrogens with zero attached hydrogens (tertiary/aromatic N) is 1. The van der Waals surface area contributed by atoms with Gasteiger partial charge in [0, 0.05) is 17.9 Å². The molecule has 0 aliphatic carbocycles. The van der Waals surface area contributed by atoms with Crippen LogP contribution in [0.4, 0.5) is 17.1 Å². The molecule has 2 rings (SSSR count). The Bertz CT molecular complexity index is 629. The Kier molecular flexibility index (Phi) is 4.15. The Balaban J connectivity index is 2.63. The van der Waals surface area contributed by atoms with Gasteiger partial charge in [0.15, 0.2) is 0 Å². The Morgan fingerprint density at radius 3 is 2.50 bits per heavy atom. The van der Waals surface area contributed by atoms with E-state index in [2.05, 4.69) is 0 Å². The average Bonchev–Trinajstić information content (AvgIpc) is 2.42. The predicted molar refractivity (Wildman–Crippen MR) is 81.9 cm³/mol. The smallest absolute Gasteiger partial charge is 0.337 e. The molecule has 0 bridgehead atoms. The molecule has 0 aliphatic rings. The Labute approximate surface area is 122 Å². The second kappa shape index (κ2) is 5.84. The average molecular weight is 291 g/mol. The number of aromatic carboxylic acids is 1. The number of nitrogens with two attached hydrogens (primary N) is 1. The molecule has 0 heterocycles. The minimum Gasteiger partial charge on any atom is -0.478 e. The maximum Gasteiger partial charge on any atom is 0.337 e.